The zero-order valence-electron chi connectivity index (χ0n) is 22.7. The molecule has 0 unspecified atom stereocenters. The van der Waals surface area contributed by atoms with Crippen LogP contribution in [0.3, 0.4) is 0 Å². The summed E-state index contributed by atoms with van der Waals surface area (Å²) in [6.07, 6.45) is 0.438. The van der Waals surface area contributed by atoms with Crippen LogP contribution in [0.15, 0.2) is 126 Å². The second kappa shape index (κ2) is 15.3. The van der Waals surface area contributed by atoms with E-state index in [1.807, 2.05) is 121 Å². The lowest BCUT2D eigenvalue weighted by Gasteiger charge is -2.36. The van der Waals surface area contributed by atoms with E-state index in [2.05, 4.69) is 10.0 Å². The van der Waals surface area contributed by atoms with E-state index in [4.69, 9.17) is 7.57 Å². The van der Waals surface area contributed by atoms with Crippen molar-refractivity contribution in [2.45, 2.75) is 25.4 Å². The fourth-order valence-corrected chi connectivity index (χ4v) is 9.04. The van der Waals surface area contributed by atoms with Gasteiger partial charge in [-0.1, -0.05) is 114 Å². The number of carbonyl (C=O) groups excluding carboxylic acids is 2. The first-order valence-electron chi connectivity index (χ1n) is 13.3. The standard InChI is InChI=1S/C32H31BN4O2PS/c33-40(28-17-9-3-10-18-28,29-19-11-4-12-20-29)25-41-31(38)21-22-37(24-27-15-7-2-8-16-27)32(39)30(35-36-34)23-26-13-5-1-6-14-26/h1-20,30H,21-25H2/t30-/m0/s1. The molecule has 0 aliphatic rings. The molecule has 0 heterocycles. The monoisotopic (exact) mass is 577 g/mol. The minimum absolute atomic E-state index is 0.0408. The molecule has 6 nitrogen and oxygen atoms in total. The number of amides is 1. The van der Waals surface area contributed by atoms with Crippen molar-refractivity contribution in [1.29, 1.82) is 0 Å². The maximum Gasteiger partial charge on any atom is 0.232 e. The lowest BCUT2D eigenvalue weighted by atomic mass is 10.0. The molecule has 3 radical (unpaired) electrons. The number of carbonyl (C=O) groups is 2. The third kappa shape index (κ3) is 8.58. The normalized spacial score (nSPS) is 11.7. The van der Waals surface area contributed by atoms with Gasteiger partial charge < -0.3 is 4.90 Å². The smallest absolute Gasteiger partial charge is 0.232 e. The average molecular weight is 577 g/mol. The summed E-state index contributed by atoms with van der Waals surface area (Å²) in [5.74, 6) is -0.303. The number of nitrogens with zero attached hydrogens (tertiary/aromatic N) is 4. The Morgan fingerprint density at radius 3 is 1.80 bits per heavy atom. The van der Waals surface area contributed by atoms with Crippen LogP contribution in [0.2, 0.25) is 0 Å². The van der Waals surface area contributed by atoms with Crippen molar-refractivity contribution < 1.29 is 9.59 Å². The van der Waals surface area contributed by atoms with Gasteiger partial charge in [-0.3, -0.25) is 17.2 Å². The van der Waals surface area contributed by atoms with Crippen LogP contribution in [0.1, 0.15) is 17.5 Å². The molecule has 41 heavy (non-hydrogen) atoms. The molecule has 9 heteroatoms. The molecule has 0 aliphatic carbocycles. The second-order valence-electron chi connectivity index (χ2n) is 9.59. The molecule has 0 aromatic heterocycles. The van der Waals surface area contributed by atoms with Crippen molar-refractivity contribution in [3.8, 4) is 0 Å². The molecule has 205 valence electrons. The topological polar surface area (TPSA) is 86.1 Å². The Kier molecular flexibility index (Phi) is 11.2. The van der Waals surface area contributed by atoms with Gasteiger partial charge in [0, 0.05) is 35.0 Å². The van der Waals surface area contributed by atoms with E-state index in [-0.39, 0.29) is 30.4 Å². The Labute approximate surface area is 247 Å². The van der Waals surface area contributed by atoms with E-state index in [1.54, 1.807) is 4.90 Å². The Balaban J connectivity index is 1.48. The molecule has 4 rings (SSSR count). The van der Waals surface area contributed by atoms with Crippen molar-refractivity contribution >= 4 is 48.1 Å². The van der Waals surface area contributed by atoms with Crippen LogP contribution in [0, 0.1) is 0 Å². The van der Waals surface area contributed by atoms with Crippen LogP contribution in [0.25, 0.3) is 10.4 Å². The van der Waals surface area contributed by atoms with E-state index >= 15 is 0 Å². The Bertz CT molecular complexity index is 1420. The van der Waals surface area contributed by atoms with E-state index in [9.17, 15) is 15.1 Å². The summed E-state index contributed by atoms with van der Waals surface area (Å²) in [7, 11) is 4.76. The number of hydrogen-bond donors (Lipinski definition) is 0. The van der Waals surface area contributed by atoms with E-state index in [0.29, 0.717) is 12.0 Å². The quantitative estimate of drug-likeness (QED) is 0.0615. The molecule has 0 spiro atoms. The third-order valence-corrected chi connectivity index (χ3v) is 11.8. The zero-order valence-corrected chi connectivity index (χ0v) is 24.4. The van der Waals surface area contributed by atoms with Crippen LogP contribution in [0.5, 0.6) is 0 Å². The molecule has 0 saturated heterocycles. The predicted molar refractivity (Wildman–Crippen MR) is 172 cm³/mol. The zero-order chi connectivity index (χ0) is 28.9. The predicted octanol–water partition coefficient (Wildman–Crippen LogP) is 6.30. The van der Waals surface area contributed by atoms with Crippen molar-refractivity contribution in [1.82, 2.24) is 4.90 Å². The summed E-state index contributed by atoms with van der Waals surface area (Å²) in [5.41, 5.74) is 11.5. The molecule has 0 fully saturated rings. The van der Waals surface area contributed by atoms with Gasteiger partial charge in [-0.05, 0) is 47.3 Å². The van der Waals surface area contributed by atoms with Gasteiger partial charge in [-0.2, -0.15) is 7.14 Å². The summed E-state index contributed by atoms with van der Waals surface area (Å²) in [6.45, 7) is 0.518. The van der Waals surface area contributed by atoms with Crippen molar-refractivity contribution in [2.24, 2.45) is 5.11 Å². The van der Waals surface area contributed by atoms with Crippen LogP contribution in [-0.2, 0) is 22.6 Å². The maximum atomic E-state index is 13.7. The highest BCUT2D eigenvalue weighted by Gasteiger charge is 2.27. The highest BCUT2D eigenvalue weighted by Crippen LogP contribution is 2.54. The first-order valence-corrected chi connectivity index (χ1v) is 16.4. The number of rotatable bonds is 13. The van der Waals surface area contributed by atoms with Gasteiger partial charge in [-0.15, -0.1) is 0 Å². The summed E-state index contributed by atoms with van der Waals surface area (Å²) in [4.78, 5) is 31.5. The average Bonchev–Trinajstić information content (AvgIpc) is 3.03. The Morgan fingerprint density at radius 2 is 1.29 bits per heavy atom. The number of benzene rings is 4. The van der Waals surface area contributed by atoms with Crippen LogP contribution in [-0.4, -0.2) is 41.6 Å². The Hall–Kier alpha value is -3.83. The molecule has 4 aromatic carbocycles. The van der Waals surface area contributed by atoms with Gasteiger partial charge in [0.1, 0.15) is 6.04 Å². The van der Waals surface area contributed by atoms with Crippen LogP contribution >= 0.6 is 18.9 Å². The lowest BCUT2D eigenvalue weighted by molar-refractivity contribution is -0.133. The fraction of sp³-hybridized carbons (Fsp3) is 0.188. The van der Waals surface area contributed by atoms with Gasteiger partial charge in [0.2, 0.25) is 5.91 Å². The van der Waals surface area contributed by atoms with Crippen LogP contribution in [0.4, 0.5) is 0 Å². The fourth-order valence-electron chi connectivity index (χ4n) is 4.52. The SMILES string of the molecule is [B-][P+](CSC(=O)CCN(Cc1ccccc1)C(=O)[C@H](Cc1ccccc1)N=[N+]=[N-])(c1ccccc1)c1ccccc1. The lowest BCUT2D eigenvalue weighted by Crippen LogP contribution is -2.40. The molecule has 0 aliphatic heterocycles. The van der Waals surface area contributed by atoms with E-state index in [1.165, 1.54) is 11.8 Å². The largest absolute Gasteiger partial charge is 0.338 e. The van der Waals surface area contributed by atoms with Gasteiger partial charge in [0.15, 0.2) is 5.12 Å². The summed E-state index contributed by atoms with van der Waals surface area (Å²) >= 11 is 1.22. The highest BCUT2D eigenvalue weighted by atomic mass is 32.2. The van der Waals surface area contributed by atoms with Gasteiger partial charge >= 0.3 is 0 Å². The first-order chi connectivity index (χ1) is 20.0. The molecule has 1 atom stereocenters. The van der Waals surface area contributed by atoms with E-state index in [0.717, 1.165) is 21.7 Å². The highest BCUT2D eigenvalue weighted by molar-refractivity contribution is 8.25. The molecule has 1 amide bonds. The van der Waals surface area contributed by atoms with Crippen molar-refractivity contribution in [3.63, 3.8) is 0 Å². The van der Waals surface area contributed by atoms with Crippen molar-refractivity contribution in [3.05, 3.63) is 143 Å². The molecule has 4 aromatic rings. The molecular formula is C32H31BN4O2PS. The van der Waals surface area contributed by atoms with Gasteiger partial charge in [0.05, 0.1) is 5.49 Å². The number of thioether (sulfide) groups is 1. The molecule has 0 saturated carbocycles. The number of hydrogen-bond acceptors (Lipinski definition) is 4. The van der Waals surface area contributed by atoms with E-state index < -0.39 is 13.2 Å². The number of azide groups is 1. The summed E-state index contributed by atoms with van der Waals surface area (Å²) in [6, 6.07) is 38.0. The summed E-state index contributed by atoms with van der Waals surface area (Å²) < 4.78 is 0. The third-order valence-electron chi connectivity index (χ3n) is 6.72. The van der Waals surface area contributed by atoms with Gasteiger partial charge in [0.25, 0.3) is 0 Å². The second-order valence-corrected chi connectivity index (χ2v) is 14.1. The first kappa shape index (κ1) is 30.1. The molecule has 0 bridgehead atoms. The minimum Gasteiger partial charge on any atom is -0.338 e. The molecule has 0 N–H and O–H groups in total. The van der Waals surface area contributed by atoms with Gasteiger partial charge in [-0.25, -0.2) is 0 Å². The molecular weight excluding hydrogens is 546 g/mol. The van der Waals surface area contributed by atoms with Crippen LogP contribution < -0.4 is 10.6 Å². The minimum atomic E-state index is -2.31. The summed E-state index contributed by atoms with van der Waals surface area (Å²) in [5, 5.41) is 5.86. The maximum absolute atomic E-state index is 13.7. The Morgan fingerprint density at radius 1 is 0.805 bits per heavy atom. The van der Waals surface area contributed by atoms with Crippen molar-refractivity contribution in [2.75, 3.05) is 12.0 Å².